The Morgan fingerprint density at radius 3 is 2.50 bits per heavy atom. The number of carbonyl (C=O) groups excluding carboxylic acids is 1. The molecule has 4 rings (SSSR count). The molecule has 0 N–H and O–H groups in total. The Morgan fingerprint density at radius 2 is 1.77 bits per heavy atom. The summed E-state index contributed by atoms with van der Waals surface area (Å²) >= 11 is 0. The van der Waals surface area contributed by atoms with Crippen LogP contribution < -0.4 is 0 Å². The van der Waals surface area contributed by atoms with Crippen LogP contribution >= 0.6 is 0 Å². The summed E-state index contributed by atoms with van der Waals surface area (Å²) < 4.78 is 1.64. The van der Waals surface area contributed by atoms with Crippen LogP contribution in [-0.4, -0.2) is 88.0 Å². The fourth-order valence-corrected chi connectivity index (χ4v) is 4.11. The average molecular weight is 354 g/mol. The van der Waals surface area contributed by atoms with E-state index < -0.39 is 0 Å². The van der Waals surface area contributed by atoms with E-state index in [-0.39, 0.29) is 11.4 Å². The molecule has 7 heteroatoms. The second-order valence-corrected chi connectivity index (χ2v) is 7.54. The van der Waals surface area contributed by atoms with Gasteiger partial charge in [0.2, 0.25) is 0 Å². The third-order valence-electron chi connectivity index (χ3n) is 5.97. The molecular weight excluding hydrogens is 328 g/mol. The van der Waals surface area contributed by atoms with E-state index in [4.69, 9.17) is 0 Å². The smallest absolute Gasteiger partial charge is 0.274 e. The van der Waals surface area contributed by atoms with Gasteiger partial charge in [0.05, 0.1) is 11.9 Å². The van der Waals surface area contributed by atoms with E-state index in [1.165, 1.54) is 0 Å². The molecule has 3 heterocycles. The predicted octanol–water partition coefficient (Wildman–Crippen LogP) is 1.12. The molecule has 2 aromatic rings. The molecule has 2 aliphatic heterocycles. The number of likely N-dealkylation sites (N-methyl/N-ethyl adjacent to an activating group) is 1. The molecule has 0 saturated carbocycles. The molecule has 1 spiro atoms. The van der Waals surface area contributed by atoms with Gasteiger partial charge in [0.15, 0.2) is 5.69 Å². The van der Waals surface area contributed by atoms with Gasteiger partial charge in [-0.1, -0.05) is 23.4 Å². The first-order chi connectivity index (χ1) is 12.6. The Kier molecular flexibility index (Phi) is 4.50. The first kappa shape index (κ1) is 17.2. The molecule has 0 radical (unpaired) electrons. The molecule has 2 aliphatic rings. The van der Waals surface area contributed by atoms with Crippen LogP contribution in [0.25, 0.3) is 5.69 Å². The van der Waals surface area contributed by atoms with E-state index in [2.05, 4.69) is 34.2 Å². The summed E-state index contributed by atoms with van der Waals surface area (Å²) in [5, 5.41) is 8.13. The lowest BCUT2D eigenvalue weighted by molar-refractivity contribution is -0.0173. The lowest BCUT2D eigenvalue weighted by Crippen LogP contribution is -2.65. The topological polar surface area (TPSA) is 57.5 Å². The number of amides is 1. The summed E-state index contributed by atoms with van der Waals surface area (Å²) in [4.78, 5) is 20.1. The Labute approximate surface area is 154 Å². The van der Waals surface area contributed by atoms with Crippen molar-refractivity contribution in [1.82, 2.24) is 29.7 Å². The summed E-state index contributed by atoms with van der Waals surface area (Å²) in [6.07, 6.45) is 3.77. The van der Waals surface area contributed by atoms with Crippen LogP contribution in [0.15, 0.2) is 36.5 Å². The largest absolute Gasteiger partial charge is 0.334 e. The van der Waals surface area contributed by atoms with Gasteiger partial charge >= 0.3 is 0 Å². The molecule has 2 saturated heterocycles. The lowest BCUT2D eigenvalue weighted by Gasteiger charge is -2.52. The van der Waals surface area contributed by atoms with E-state index in [9.17, 15) is 4.79 Å². The molecule has 0 unspecified atom stereocenters. The number of para-hydroxylation sites is 1. The van der Waals surface area contributed by atoms with Gasteiger partial charge < -0.3 is 9.80 Å². The SMILES string of the molecule is CN1CCC2(CC1)CN(C(=O)c1cnnn1-c1ccccc1)CCN2C. The predicted molar refractivity (Wildman–Crippen MR) is 99.4 cm³/mol. The molecule has 7 nitrogen and oxygen atoms in total. The number of nitrogens with zero attached hydrogens (tertiary/aromatic N) is 6. The van der Waals surface area contributed by atoms with Crippen molar-refractivity contribution in [2.75, 3.05) is 46.8 Å². The molecule has 26 heavy (non-hydrogen) atoms. The van der Waals surface area contributed by atoms with Crippen LogP contribution in [0.3, 0.4) is 0 Å². The van der Waals surface area contributed by atoms with E-state index in [1.807, 2.05) is 35.2 Å². The van der Waals surface area contributed by atoms with Crippen LogP contribution in [0.5, 0.6) is 0 Å². The van der Waals surface area contributed by atoms with Crippen LogP contribution in [0.2, 0.25) is 0 Å². The molecule has 1 amide bonds. The van der Waals surface area contributed by atoms with Gasteiger partial charge in [-0.25, -0.2) is 4.68 Å². The van der Waals surface area contributed by atoms with E-state index >= 15 is 0 Å². The van der Waals surface area contributed by atoms with Crippen molar-refractivity contribution in [3.05, 3.63) is 42.2 Å². The minimum absolute atomic E-state index is 0.0188. The highest BCUT2D eigenvalue weighted by Crippen LogP contribution is 2.31. The second kappa shape index (κ2) is 6.81. The van der Waals surface area contributed by atoms with E-state index in [0.29, 0.717) is 5.69 Å². The summed E-state index contributed by atoms with van der Waals surface area (Å²) in [6, 6.07) is 9.71. The van der Waals surface area contributed by atoms with Crippen LogP contribution in [0, 0.1) is 0 Å². The number of benzene rings is 1. The molecule has 0 atom stereocenters. The molecule has 1 aromatic heterocycles. The van der Waals surface area contributed by atoms with Crippen molar-refractivity contribution in [3.63, 3.8) is 0 Å². The maximum absolute atomic E-state index is 13.2. The van der Waals surface area contributed by atoms with Crippen molar-refractivity contribution in [3.8, 4) is 5.69 Å². The zero-order valence-electron chi connectivity index (χ0n) is 15.5. The zero-order chi connectivity index (χ0) is 18.1. The highest BCUT2D eigenvalue weighted by atomic mass is 16.2. The number of piperidine rings is 1. The average Bonchev–Trinajstić information content (AvgIpc) is 3.16. The van der Waals surface area contributed by atoms with Gasteiger partial charge in [-0.2, -0.15) is 0 Å². The van der Waals surface area contributed by atoms with Gasteiger partial charge in [-0.3, -0.25) is 9.69 Å². The van der Waals surface area contributed by atoms with Crippen molar-refractivity contribution in [1.29, 1.82) is 0 Å². The van der Waals surface area contributed by atoms with Gasteiger partial charge in [-0.05, 0) is 52.2 Å². The normalized spacial score (nSPS) is 21.2. The number of piperazine rings is 1. The maximum atomic E-state index is 13.2. The minimum atomic E-state index is 0.0188. The van der Waals surface area contributed by atoms with Crippen molar-refractivity contribution < 1.29 is 4.79 Å². The number of hydrogen-bond acceptors (Lipinski definition) is 5. The summed E-state index contributed by atoms with van der Waals surface area (Å²) in [5.74, 6) is 0.0188. The lowest BCUT2D eigenvalue weighted by atomic mass is 9.84. The molecule has 0 aliphatic carbocycles. The Bertz CT molecular complexity index is 765. The summed E-state index contributed by atoms with van der Waals surface area (Å²) in [5.41, 5.74) is 1.48. The first-order valence-electron chi connectivity index (χ1n) is 9.24. The van der Waals surface area contributed by atoms with Crippen LogP contribution in [0.4, 0.5) is 0 Å². The quantitative estimate of drug-likeness (QED) is 0.809. The molecule has 138 valence electrons. The third kappa shape index (κ3) is 3.01. The minimum Gasteiger partial charge on any atom is -0.334 e. The molecule has 2 fully saturated rings. The van der Waals surface area contributed by atoms with Gasteiger partial charge in [0, 0.05) is 25.2 Å². The summed E-state index contributed by atoms with van der Waals surface area (Å²) in [7, 11) is 4.37. The van der Waals surface area contributed by atoms with E-state index in [1.54, 1.807) is 10.9 Å². The number of aromatic nitrogens is 3. The maximum Gasteiger partial charge on any atom is 0.274 e. The Balaban J connectivity index is 1.57. The highest BCUT2D eigenvalue weighted by Gasteiger charge is 2.43. The van der Waals surface area contributed by atoms with Crippen LogP contribution in [0.1, 0.15) is 23.3 Å². The number of likely N-dealkylation sites (tertiary alicyclic amines) is 1. The van der Waals surface area contributed by atoms with Crippen molar-refractivity contribution in [2.24, 2.45) is 0 Å². The fourth-order valence-electron chi connectivity index (χ4n) is 4.11. The molecule has 0 bridgehead atoms. The Hall–Kier alpha value is -2.25. The molecule has 1 aromatic carbocycles. The van der Waals surface area contributed by atoms with Gasteiger partial charge in [0.25, 0.3) is 5.91 Å². The molecular formula is C19H26N6O. The first-order valence-corrected chi connectivity index (χ1v) is 9.24. The second-order valence-electron chi connectivity index (χ2n) is 7.54. The highest BCUT2D eigenvalue weighted by molar-refractivity contribution is 5.93. The third-order valence-corrected chi connectivity index (χ3v) is 5.97. The van der Waals surface area contributed by atoms with Gasteiger partial charge in [-0.15, -0.1) is 5.10 Å². The number of rotatable bonds is 2. The Morgan fingerprint density at radius 1 is 1.04 bits per heavy atom. The fraction of sp³-hybridized carbons (Fsp3) is 0.526. The zero-order valence-corrected chi connectivity index (χ0v) is 15.5. The van der Waals surface area contributed by atoms with Crippen molar-refractivity contribution in [2.45, 2.75) is 18.4 Å². The van der Waals surface area contributed by atoms with Crippen molar-refractivity contribution >= 4 is 5.91 Å². The number of hydrogen-bond donors (Lipinski definition) is 0. The standard InChI is InChI=1S/C19H26N6O/c1-22-10-8-19(9-11-22)15-24(13-12-23(19)2)18(26)17-14-20-21-25(17)16-6-4-3-5-7-16/h3-7,14H,8-13,15H2,1-2H3. The van der Waals surface area contributed by atoms with E-state index in [0.717, 1.165) is 51.3 Å². The number of carbonyl (C=O) groups is 1. The van der Waals surface area contributed by atoms with Gasteiger partial charge in [0.1, 0.15) is 0 Å². The summed E-state index contributed by atoms with van der Waals surface area (Å²) in [6.45, 7) is 4.58. The monoisotopic (exact) mass is 354 g/mol. The van der Waals surface area contributed by atoms with Crippen LogP contribution in [-0.2, 0) is 0 Å².